The average molecular weight is 186 g/mol. The van der Waals surface area contributed by atoms with Crippen LogP contribution in [0.2, 0.25) is 6.32 Å². The smallest absolute Gasteiger partial charge is 0.427 e. The Morgan fingerprint density at radius 2 is 1.85 bits per heavy atom. The molecule has 1 fully saturated rings. The SMILES string of the molecule is NC[C@H]1C[C@@H](N)C[C@@H]1CCB(O)O. The van der Waals surface area contributed by atoms with Gasteiger partial charge in [-0.2, -0.15) is 0 Å². The fraction of sp³-hybridized carbons (Fsp3) is 1.00. The van der Waals surface area contributed by atoms with E-state index in [9.17, 15) is 0 Å². The van der Waals surface area contributed by atoms with Crippen molar-refractivity contribution in [3.63, 3.8) is 0 Å². The lowest BCUT2D eigenvalue weighted by Crippen LogP contribution is -2.20. The van der Waals surface area contributed by atoms with Gasteiger partial charge in [-0.25, -0.2) is 0 Å². The van der Waals surface area contributed by atoms with Gasteiger partial charge < -0.3 is 21.5 Å². The van der Waals surface area contributed by atoms with Crippen molar-refractivity contribution in [2.24, 2.45) is 23.3 Å². The van der Waals surface area contributed by atoms with E-state index < -0.39 is 7.12 Å². The standard InChI is InChI=1S/C8H19BN2O2/c10-5-7-4-8(11)3-6(7)1-2-9(12)13/h6-8,12-13H,1-5,10-11H2/t6-,7+,8-/m0/s1. The number of hydrogen-bond acceptors (Lipinski definition) is 4. The summed E-state index contributed by atoms with van der Waals surface area (Å²) in [6.45, 7) is 0.667. The number of nitrogens with two attached hydrogens (primary N) is 2. The highest BCUT2D eigenvalue weighted by Gasteiger charge is 2.31. The largest absolute Gasteiger partial charge is 0.451 e. The Kier molecular flexibility index (Phi) is 4.19. The minimum Gasteiger partial charge on any atom is -0.427 e. The zero-order chi connectivity index (χ0) is 9.84. The minimum absolute atomic E-state index is 0.259. The quantitative estimate of drug-likeness (QED) is 0.431. The molecule has 0 amide bonds. The Labute approximate surface area is 79.4 Å². The van der Waals surface area contributed by atoms with Gasteiger partial charge in [-0.05, 0) is 37.5 Å². The molecule has 0 heterocycles. The summed E-state index contributed by atoms with van der Waals surface area (Å²) in [6, 6.07) is 0.259. The van der Waals surface area contributed by atoms with Gasteiger partial charge in [-0.15, -0.1) is 0 Å². The summed E-state index contributed by atoms with van der Waals surface area (Å²) in [5, 5.41) is 17.5. The summed E-state index contributed by atoms with van der Waals surface area (Å²) < 4.78 is 0. The third kappa shape index (κ3) is 3.27. The highest BCUT2D eigenvalue weighted by Crippen LogP contribution is 2.33. The van der Waals surface area contributed by atoms with Crippen LogP contribution in [0.5, 0.6) is 0 Å². The van der Waals surface area contributed by atoms with E-state index in [1.807, 2.05) is 0 Å². The summed E-state index contributed by atoms with van der Waals surface area (Å²) in [6.07, 6.45) is 3.23. The molecule has 0 unspecified atom stereocenters. The molecule has 1 aliphatic carbocycles. The van der Waals surface area contributed by atoms with Crippen LogP contribution in [0.3, 0.4) is 0 Å². The maximum Gasteiger partial charge on any atom is 0.451 e. The molecular weight excluding hydrogens is 167 g/mol. The molecule has 5 heteroatoms. The van der Waals surface area contributed by atoms with Crippen molar-refractivity contribution in [3.8, 4) is 0 Å². The minimum atomic E-state index is -1.18. The monoisotopic (exact) mass is 186 g/mol. The van der Waals surface area contributed by atoms with Gasteiger partial charge in [0.2, 0.25) is 0 Å². The number of hydrogen-bond donors (Lipinski definition) is 4. The van der Waals surface area contributed by atoms with Crippen molar-refractivity contribution in [2.45, 2.75) is 31.6 Å². The van der Waals surface area contributed by atoms with Gasteiger partial charge in [0, 0.05) is 6.04 Å². The summed E-state index contributed by atoms with van der Waals surface area (Å²) in [5.41, 5.74) is 11.4. The predicted molar refractivity (Wildman–Crippen MR) is 52.9 cm³/mol. The highest BCUT2D eigenvalue weighted by atomic mass is 16.4. The highest BCUT2D eigenvalue weighted by molar-refractivity contribution is 6.40. The molecule has 0 radical (unpaired) electrons. The molecule has 0 bridgehead atoms. The van der Waals surface area contributed by atoms with Gasteiger partial charge in [0.15, 0.2) is 0 Å². The third-order valence-electron chi connectivity index (χ3n) is 2.98. The second-order valence-electron chi connectivity index (χ2n) is 4.05. The molecule has 3 atom stereocenters. The number of rotatable bonds is 4. The lowest BCUT2D eigenvalue weighted by Gasteiger charge is -2.16. The first kappa shape index (κ1) is 11.0. The summed E-state index contributed by atoms with van der Waals surface area (Å²) in [5.74, 6) is 0.968. The summed E-state index contributed by atoms with van der Waals surface area (Å²) in [4.78, 5) is 0. The van der Waals surface area contributed by atoms with E-state index in [1.165, 1.54) is 0 Å². The molecule has 0 spiro atoms. The Morgan fingerprint density at radius 1 is 1.23 bits per heavy atom. The predicted octanol–water partition coefficient (Wildman–Crippen LogP) is -0.838. The summed E-state index contributed by atoms with van der Waals surface area (Å²) >= 11 is 0. The van der Waals surface area contributed by atoms with Crippen molar-refractivity contribution in [1.82, 2.24) is 0 Å². The lowest BCUT2D eigenvalue weighted by molar-refractivity contribution is 0.356. The van der Waals surface area contributed by atoms with Crippen molar-refractivity contribution >= 4 is 7.12 Å². The molecule has 6 N–H and O–H groups in total. The molecule has 0 aromatic carbocycles. The average Bonchev–Trinajstić information content (AvgIpc) is 2.42. The van der Waals surface area contributed by atoms with Gasteiger partial charge >= 0.3 is 7.12 Å². The van der Waals surface area contributed by atoms with Gasteiger partial charge in [-0.3, -0.25) is 0 Å². The van der Waals surface area contributed by atoms with Crippen LogP contribution in [-0.2, 0) is 0 Å². The van der Waals surface area contributed by atoms with Gasteiger partial charge in [-0.1, -0.05) is 6.42 Å². The van der Waals surface area contributed by atoms with Crippen LogP contribution in [0.4, 0.5) is 0 Å². The van der Waals surface area contributed by atoms with Crippen molar-refractivity contribution in [1.29, 1.82) is 0 Å². The van der Waals surface area contributed by atoms with E-state index >= 15 is 0 Å². The molecule has 1 rings (SSSR count). The summed E-state index contributed by atoms with van der Waals surface area (Å²) in [7, 11) is -1.18. The van der Waals surface area contributed by atoms with E-state index in [0.29, 0.717) is 24.7 Å². The van der Waals surface area contributed by atoms with Crippen LogP contribution >= 0.6 is 0 Å². The molecule has 76 valence electrons. The third-order valence-corrected chi connectivity index (χ3v) is 2.98. The lowest BCUT2D eigenvalue weighted by atomic mass is 9.78. The van der Waals surface area contributed by atoms with E-state index in [4.69, 9.17) is 21.5 Å². The first-order valence-corrected chi connectivity index (χ1v) is 4.95. The first-order chi connectivity index (χ1) is 6.13. The van der Waals surface area contributed by atoms with E-state index in [1.54, 1.807) is 0 Å². The molecule has 13 heavy (non-hydrogen) atoms. The Bertz CT molecular complexity index is 157. The van der Waals surface area contributed by atoms with Gasteiger partial charge in [0.05, 0.1) is 0 Å². The van der Waals surface area contributed by atoms with Crippen LogP contribution in [-0.4, -0.2) is 29.8 Å². The maximum absolute atomic E-state index is 8.73. The van der Waals surface area contributed by atoms with Crippen LogP contribution in [0.15, 0.2) is 0 Å². The van der Waals surface area contributed by atoms with Crippen LogP contribution < -0.4 is 11.5 Å². The molecule has 1 saturated carbocycles. The van der Waals surface area contributed by atoms with E-state index in [2.05, 4.69) is 0 Å². The Balaban J connectivity index is 2.31. The van der Waals surface area contributed by atoms with Crippen LogP contribution in [0.25, 0.3) is 0 Å². The second kappa shape index (κ2) is 4.95. The van der Waals surface area contributed by atoms with Gasteiger partial charge in [0.25, 0.3) is 0 Å². The molecule has 0 aromatic heterocycles. The molecular formula is C8H19BN2O2. The second-order valence-corrected chi connectivity index (χ2v) is 4.05. The topological polar surface area (TPSA) is 92.5 Å². The molecule has 0 aromatic rings. The van der Waals surface area contributed by atoms with Crippen molar-refractivity contribution < 1.29 is 10.0 Å². The molecule has 0 aliphatic heterocycles. The van der Waals surface area contributed by atoms with Gasteiger partial charge in [0.1, 0.15) is 0 Å². The van der Waals surface area contributed by atoms with Crippen molar-refractivity contribution in [3.05, 3.63) is 0 Å². The molecule has 4 nitrogen and oxygen atoms in total. The Hall–Kier alpha value is -0.0951. The Morgan fingerprint density at radius 3 is 2.38 bits per heavy atom. The molecule has 0 saturated heterocycles. The zero-order valence-electron chi connectivity index (χ0n) is 7.89. The van der Waals surface area contributed by atoms with Crippen LogP contribution in [0, 0.1) is 11.8 Å². The van der Waals surface area contributed by atoms with Crippen LogP contribution in [0.1, 0.15) is 19.3 Å². The van der Waals surface area contributed by atoms with E-state index in [-0.39, 0.29) is 6.04 Å². The normalized spacial score (nSPS) is 33.7. The van der Waals surface area contributed by atoms with Crippen molar-refractivity contribution in [2.75, 3.05) is 6.54 Å². The van der Waals surface area contributed by atoms with E-state index in [0.717, 1.165) is 19.3 Å². The zero-order valence-corrected chi connectivity index (χ0v) is 7.89. The fourth-order valence-corrected chi connectivity index (χ4v) is 2.26. The fourth-order valence-electron chi connectivity index (χ4n) is 2.26. The molecule has 1 aliphatic rings. The maximum atomic E-state index is 8.73. The first-order valence-electron chi connectivity index (χ1n) is 4.95.